The van der Waals surface area contributed by atoms with Crippen LogP contribution in [0.15, 0.2) is 24.3 Å². The average Bonchev–Trinajstić information content (AvgIpc) is 2.47. The van der Waals surface area contributed by atoms with Crippen LogP contribution >= 0.6 is 11.6 Å². The maximum absolute atomic E-state index is 8.93. The number of anilines is 4. The summed E-state index contributed by atoms with van der Waals surface area (Å²) in [5.41, 5.74) is 6.79. The molecule has 6 nitrogen and oxygen atoms in total. The molecule has 1 heterocycles. The summed E-state index contributed by atoms with van der Waals surface area (Å²) in [6, 6.07) is 8.76. The molecule has 108 valence electrons. The highest BCUT2D eigenvalue weighted by Crippen LogP contribution is 2.26. The van der Waals surface area contributed by atoms with Gasteiger partial charge in [-0.15, -0.1) is 0 Å². The second-order valence-electron chi connectivity index (χ2n) is 4.35. The van der Waals surface area contributed by atoms with Crippen molar-refractivity contribution in [3.8, 4) is 6.07 Å². The van der Waals surface area contributed by atoms with Crippen molar-refractivity contribution in [2.24, 2.45) is 0 Å². The molecule has 7 heteroatoms. The van der Waals surface area contributed by atoms with Crippen molar-refractivity contribution in [2.45, 2.75) is 13.3 Å². The predicted octanol–water partition coefficient (Wildman–Crippen LogP) is 3.15. The van der Waals surface area contributed by atoms with Gasteiger partial charge in [0, 0.05) is 12.6 Å². The zero-order chi connectivity index (χ0) is 15.2. The SMILES string of the molecule is CCCNc1cc(Nc2cc(C#N)ccc2Cl)nc(N)n1. The van der Waals surface area contributed by atoms with Gasteiger partial charge in [-0.05, 0) is 24.6 Å². The molecule has 0 radical (unpaired) electrons. The zero-order valence-corrected chi connectivity index (χ0v) is 12.3. The fourth-order valence-electron chi connectivity index (χ4n) is 1.70. The van der Waals surface area contributed by atoms with Crippen molar-refractivity contribution in [3.63, 3.8) is 0 Å². The second-order valence-corrected chi connectivity index (χ2v) is 4.76. The van der Waals surface area contributed by atoms with E-state index in [9.17, 15) is 0 Å². The van der Waals surface area contributed by atoms with Crippen molar-refractivity contribution < 1.29 is 0 Å². The van der Waals surface area contributed by atoms with E-state index < -0.39 is 0 Å². The van der Waals surface area contributed by atoms with Crippen molar-refractivity contribution in [3.05, 3.63) is 34.9 Å². The molecule has 0 amide bonds. The molecule has 0 saturated heterocycles. The Morgan fingerprint density at radius 3 is 2.76 bits per heavy atom. The molecule has 0 aliphatic carbocycles. The molecule has 2 aromatic rings. The predicted molar refractivity (Wildman–Crippen MR) is 84.7 cm³/mol. The van der Waals surface area contributed by atoms with Crippen LogP contribution in [0.1, 0.15) is 18.9 Å². The van der Waals surface area contributed by atoms with Crippen LogP contribution in [0.4, 0.5) is 23.3 Å². The van der Waals surface area contributed by atoms with Gasteiger partial charge in [-0.2, -0.15) is 15.2 Å². The minimum absolute atomic E-state index is 0.158. The first kappa shape index (κ1) is 14.9. The molecule has 0 aliphatic rings. The zero-order valence-electron chi connectivity index (χ0n) is 11.5. The lowest BCUT2D eigenvalue weighted by atomic mass is 10.2. The topological polar surface area (TPSA) is 99.6 Å². The number of nitrogen functional groups attached to an aromatic ring is 1. The standard InChI is InChI=1S/C14H15ClN6/c1-2-5-18-12-7-13(21-14(17)20-12)19-11-6-9(8-16)3-4-10(11)15/h3-4,6-7H,2,5H2,1H3,(H4,17,18,19,20,21). The number of nitriles is 1. The highest BCUT2D eigenvalue weighted by Gasteiger charge is 2.06. The summed E-state index contributed by atoms with van der Waals surface area (Å²) < 4.78 is 0. The van der Waals surface area contributed by atoms with Gasteiger partial charge >= 0.3 is 0 Å². The number of benzene rings is 1. The van der Waals surface area contributed by atoms with Crippen LogP contribution in [0.3, 0.4) is 0 Å². The fraction of sp³-hybridized carbons (Fsp3) is 0.214. The number of rotatable bonds is 5. The molecule has 21 heavy (non-hydrogen) atoms. The molecule has 0 bridgehead atoms. The van der Waals surface area contributed by atoms with Gasteiger partial charge in [-0.1, -0.05) is 18.5 Å². The van der Waals surface area contributed by atoms with Gasteiger partial charge in [0.1, 0.15) is 11.6 Å². The van der Waals surface area contributed by atoms with Crippen LogP contribution in [0.5, 0.6) is 0 Å². The van der Waals surface area contributed by atoms with Gasteiger partial charge in [0.25, 0.3) is 0 Å². The Morgan fingerprint density at radius 2 is 2.05 bits per heavy atom. The van der Waals surface area contributed by atoms with E-state index in [1.807, 2.05) is 0 Å². The number of aromatic nitrogens is 2. The second kappa shape index (κ2) is 6.77. The van der Waals surface area contributed by atoms with Gasteiger partial charge in [-0.3, -0.25) is 0 Å². The maximum atomic E-state index is 8.93. The number of nitrogens with one attached hydrogen (secondary N) is 2. The smallest absolute Gasteiger partial charge is 0.223 e. The third kappa shape index (κ3) is 3.97. The molecule has 0 spiro atoms. The summed E-state index contributed by atoms with van der Waals surface area (Å²) in [5, 5.41) is 15.6. The van der Waals surface area contributed by atoms with Crippen LogP contribution < -0.4 is 16.4 Å². The van der Waals surface area contributed by atoms with E-state index in [1.54, 1.807) is 24.3 Å². The van der Waals surface area contributed by atoms with Crippen molar-refractivity contribution in [1.82, 2.24) is 9.97 Å². The first-order valence-electron chi connectivity index (χ1n) is 6.47. The molecule has 0 fully saturated rings. The van der Waals surface area contributed by atoms with Crippen molar-refractivity contribution >= 4 is 34.9 Å². The summed E-state index contributed by atoms with van der Waals surface area (Å²) in [6.45, 7) is 2.85. The summed E-state index contributed by atoms with van der Waals surface area (Å²) >= 11 is 6.10. The molecule has 1 aromatic heterocycles. The van der Waals surface area contributed by atoms with E-state index in [1.165, 1.54) is 0 Å². The highest BCUT2D eigenvalue weighted by atomic mass is 35.5. The lowest BCUT2D eigenvalue weighted by molar-refractivity contribution is 0.967. The van der Waals surface area contributed by atoms with Crippen molar-refractivity contribution in [2.75, 3.05) is 22.9 Å². The Labute approximate surface area is 128 Å². The number of hydrogen-bond acceptors (Lipinski definition) is 6. The summed E-state index contributed by atoms with van der Waals surface area (Å²) in [7, 11) is 0. The number of halogens is 1. The third-order valence-corrected chi connectivity index (χ3v) is 2.99. The maximum Gasteiger partial charge on any atom is 0.223 e. The molecular formula is C14H15ClN6. The quantitative estimate of drug-likeness (QED) is 0.784. The number of hydrogen-bond donors (Lipinski definition) is 3. The molecular weight excluding hydrogens is 288 g/mol. The van der Waals surface area contributed by atoms with Gasteiger partial charge in [-0.25, -0.2) is 0 Å². The normalized spacial score (nSPS) is 9.95. The monoisotopic (exact) mass is 302 g/mol. The van der Waals surface area contributed by atoms with Crippen molar-refractivity contribution in [1.29, 1.82) is 5.26 Å². The van der Waals surface area contributed by atoms with Crippen LogP contribution in [0.2, 0.25) is 5.02 Å². The lowest BCUT2D eigenvalue weighted by Gasteiger charge is -2.10. The minimum atomic E-state index is 0.158. The van der Waals surface area contributed by atoms with Crippen LogP contribution in [-0.2, 0) is 0 Å². The van der Waals surface area contributed by atoms with E-state index >= 15 is 0 Å². The largest absolute Gasteiger partial charge is 0.370 e. The number of nitrogens with zero attached hydrogens (tertiary/aromatic N) is 3. The van der Waals surface area contributed by atoms with E-state index in [4.69, 9.17) is 22.6 Å². The van der Waals surface area contributed by atoms with Gasteiger partial charge in [0.2, 0.25) is 5.95 Å². The van der Waals surface area contributed by atoms with Gasteiger partial charge < -0.3 is 16.4 Å². The van der Waals surface area contributed by atoms with E-state index in [0.29, 0.717) is 27.9 Å². The average molecular weight is 303 g/mol. The van der Waals surface area contributed by atoms with E-state index in [-0.39, 0.29) is 5.95 Å². The van der Waals surface area contributed by atoms with Gasteiger partial charge in [0.15, 0.2) is 0 Å². The first-order chi connectivity index (χ1) is 10.1. The fourth-order valence-corrected chi connectivity index (χ4v) is 1.87. The summed E-state index contributed by atoms with van der Waals surface area (Å²) in [4.78, 5) is 8.21. The minimum Gasteiger partial charge on any atom is -0.370 e. The van der Waals surface area contributed by atoms with Crippen LogP contribution in [-0.4, -0.2) is 16.5 Å². The molecule has 0 atom stereocenters. The summed E-state index contributed by atoms with van der Waals surface area (Å²) in [6.07, 6.45) is 0.975. The first-order valence-corrected chi connectivity index (χ1v) is 6.85. The Hall–Kier alpha value is -2.52. The van der Waals surface area contributed by atoms with Crippen LogP contribution in [0.25, 0.3) is 0 Å². The molecule has 0 saturated carbocycles. The van der Waals surface area contributed by atoms with Gasteiger partial charge in [0.05, 0.1) is 22.3 Å². The highest BCUT2D eigenvalue weighted by molar-refractivity contribution is 6.33. The molecule has 1 aromatic carbocycles. The molecule has 0 unspecified atom stereocenters. The Balaban J connectivity index is 2.27. The van der Waals surface area contributed by atoms with Crippen LogP contribution in [0, 0.1) is 11.3 Å². The van der Waals surface area contributed by atoms with E-state index in [0.717, 1.165) is 13.0 Å². The van der Waals surface area contributed by atoms with E-state index in [2.05, 4.69) is 33.6 Å². The summed E-state index contributed by atoms with van der Waals surface area (Å²) in [5.74, 6) is 1.31. The molecule has 2 rings (SSSR count). The number of nitrogens with two attached hydrogens (primary N) is 1. The Bertz CT molecular complexity index is 680. The molecule has 4 N–H and O–H groups in total. The Morgan fingerprint density at radius 1 is 1.29 bits per heavy atom. The Kier molecular flexibility index (Phi) is 4.80. The lowest BCUT2D eigenvalue weighted by Crippen LogP contribution is -2.07. The molecule has 0 aliphatic heterocycles. The third-order valence-electron chi connectivity index (χ3n) is 2.66.